The van der Waals surface area contributed by atoms with Crippen LogP contribution in [0.25, 0.3) is 0 Å². The zero-order valence-electron chi connectivity index (χ0n) is 9.94. The fourth-order valence-electron chi connectivity index (χ4n) is 1.90. The Morgan fingerprint density at radius 1 is 1.41 bits per heavy atom. The largest absolute Gasteiger partial charge is 0.302 e. The summed E-state index contributed by atoms with van der Waals surface area (Å²) in [7, 11) is -3.43. The minimum Gasteiger partial charge on any atom is -0.280 e. The van der Waals surface area contributed by atoms with Crippen LogP contribution >= 0.6 is 0 Å². The molecule has 1 aliphatic rings. The highest BCUT2D eigenvalue weighted by Gasteiger charge is 2.24. The predicted molar refractivity (Wildman–Crippen MR) is 65.9 cm³/mol. The molecule has 7 heteroatoms. The maximum Gasteiger partial charge on any atom is 0.302 e. The van der Waals surface area contributed by atoms with Gasteiger partial charge in [0.2, 0.25) is 0 Å². The van der Waals surface area contributed by atoms with Crippen LogP contribution in [0.1, 0.15) is 31.9 Å². The van der Waals surface area contributed by atoms with Gasteiger partial charge >= 0.3 is 10.2 Å². The molecule has 0 atom stereocenters. The maximum absolute atomic E-state index is 12.0. The van der Waals surface area contributed by atoms with Crippen LogP contribution in [0.2, 0.25) is 0 Å². The number of rotatable bonds is 4. The van der Waals surface area contributed by atoms with Crippen LogP contribution in [0.3, 0.4) is 0 Å². The molecule has 0 bridgehead atoms. The molecule has 1 aliphatic heterocycles. The van der Waals surface area contributed by atoms with Gasteiger partial charge in [-0.3, -0.25) is 9.82 Å². The van der Waals surface area contributed by atoms with Crippen molar-refractivity contribution in [2.75, 3.05) is 17.8 Å². The van der Waals surface area contributed by atoms with Gasteiger partial charge in [0.15, 0.2) is 5.82 Å². The van der Waals surface area contributed by atoms with E-state index in [0.29, 0.717) is 18.9 Å². The number of nitrogens with zero attached hydrogens (tertiary/aromatic N) is 2. The quantitative estimate of drug-likeness (QED) is 0.849. The number of H-pyrrole nitrogens is 1. The van der Waals surface area contributed by atoms with Gasteiger partial charge in [-0.2, -0.15) is 17.8 Å². The van der Waals surface area contributed by atoms with Crippen LogP contribution < -0.4 is 4.72 Å². The van der Waals surface area contributed by atoms with Crippen molar-refractivity contribution < 1.29 is 8.42 Å². The van der Waals surface area contributed by atoms with Gasteiger partial charge in [-0.15, -0.1) is 0 Å². The predicted octanol–water partition coefficient (Wildman–Crippen LogP) is 1.11. The molecule has 1 fully saturated rings. The van der Waals surface area contributed by atoms with E-state index in [1.54, 1.807) is 6.07 Å². The SMILES string of the molecule is CCc1cc(NS(=O)(=O)N2CCCCC2)n[nH]1. The van der Waals surface area contributed by atoms with E-state index in [1.807, 2.05) is 6.92 Å². The first-order chi connectivity index (χ1) is 8.12. The van der Waals surface area contributed by atoms with Gasteiger partial charge < -0.3 is 0 Å². The van der Waals surface area contributed by atoms with Crippen molar-refractivity contribution in [3.05, 3.63) is 11.8 Å². The fraction of sp³-hybridized carbons (Fsp3) is 0.700. The molecule has 0 amide bonds. The first-order valence-electron chi connectivity index (χ1n) is 5.94. The molecule has 0 radical (unpaired) electrons. The molecule has 17 heavy (non-hydrogen) atoms. The Bertz CT molecular complexity index is 462. The van der Waals surface area contributed by atoms with Crippen molar-refractivity contribution in [3.8, 4) is 0 Å². The Labute approximate surface area is 102 Å². The lowest BCUT2D eigenvalue weighted by Crippen LogP contribution is -2.39. The van der Waals surface area contributed by atoms with Crippen molar-refractivity contribution in [3.63, 3.8) is 0 Å². The fourth-order valence-corrected chi connectivity index (χ4v) is 3.13. The number of aryl methyl sites for hydroxylation is 1. The van der Waals surface area contributed by atoms with Crippen LogP contribution in [-0.2, 0) is 16.6 Å². The zero-order chi connectivity index (χ0) is 12.3. The number of aromatic nitrogens is 2. The molecule has 6 nitrogen and oxygen atoms in total. The summed E-state index contributed by atoms with van der Waals surface area (Å²) in [6.07, 6.45) is 3.77. The zero-order valence-corrected chi connectivity index (χ0v) is 10.8. The van der Waals surface area contributed by atoms with E-state index >= 15 is 0 Å². The van der Waals surface area contributed by atoms with Gasteiger partial charge in [0.1, 0.15) is 0 Å². The summed E-state index contributed by atoms with van der Waals surface area (Å²) in [5.74, 6) is 0.368. The van der Waals surface area contributed by atoms with E-state index < -0.39 is 10.2 Å². The van der Waals surface area contributed by atoms with E-state index in [9.17, 15) is 8.42 Å². The number of aromatic amines is 1. The molecular weight excluding hydrogens is 240 g/mol. The molecule has 1 saturated heterocycles. The third-order valence-corrected chi connectivity index (χ3v) is 4.41. The molecule has 2 rings (SSSR count). The number of hydrogen-bond acceptors (Lipinski definition) is 3. The van der Waals surface area contributed by atoms with E-state index in [4.69, 9.17) is 0 Å². The lowest BCUT2D eigenvalue weighted by atomic mass is 10.2. The third kappa shape index (κ3) is 2.98. The Morgan fingerprint density at radius 2 is 2.12 bits per heavy atom. The van der Waals surface area contributed by atoms with Crippen LogP contribution in [-0.4, -0.2) is 36.0 Å². The van der Waals surface area contributed by atoms with Crippen molar-refractivity contribution >= 4 is 16.0 Å². The van der Waals surface area contributed by atoms with Crippen LogP contribution in [0.15, 0.2) is 6.07 Å². The molecule has 1 aromatic heterocycles. The molecule has 2 N–H and O–H groups in total. The molecule has 0 aliphatic carbocycles. The second-order valence-electron chi connectivity index (χ2n) is 4.20. The van der Waals surface area contributed by atoms with Crippen molar-refractivity contribution in [2.45, 2.75) is 32.6 Å². The first-order valence-corrected chi connectivity index (χ1v) is 7.38. The van der Waals surface area contributed by atoms with E-state index in [2.05, 4.69) is 14.9 Å². The summed E-state index contributed by atoms with van der Waals surface area (Å²) >= 11 is 0. The Balaban J connectivity index is 2.05. The average Bonchev–Trinajstić information content (AvgIpc) is 2.77. The van der Waals surface area contributed by atoms with Gasteiger partial charge in [0.05, 0.1) is 0 Å². The molecule has 1 aromatic rings. The van der Waals surface area contributed by atoms with Gasteiger partial charge in [-0.25, -0.2) is 0 Å². The molecule has 96 valence electrons. The molecule has 0 spiro atoms. The summed E-state index contributed by atoms with van der Waals surface area (Å²) in [6.45, 7) is 3.18. The van der Waals surface area contributed by atoms with E-state index in [0.717, 1.165) is 31.4 Å². The summed E-state index contributed by atoms with van der Waals surface area (Å²) in [5.41, 5.74) is 0.918. The topological polar surface area (TPSA) is 78.1 Å². The molecule has 0 unspecified atom stereocenters. The van der Waals surface area contributed by atoms with Gasteiger partial charge in [-0.05, 0) is 19.3 Å². The maximum atomic E-state index is 12.0. The highest BCUT2D eigenvalue weighted by molar-refractivity contribution is 7.90. The second-order valence-corrected chi connectivity index (χ2v) is 5.87. The van der Waals surface area contributed by atoms with Crippen molar-refractivity contribution in [1.82, 2.24) is 14.5 Å². The number of nitrogens with one attached hydrogen (secondary N) is 2. The molecule has 0 aromatic carbocycles. The third-order valence-electron chi connectivity index (χ3n) is 2.90. The summed E-state index contributed by atoms with van der Waals surface area (Å²) in [4.78, 5) is 0. The van der Waals surface area contributed by atoms with Gasteiger partial charge in [-0.1, -0.05) is 13.3 Å². The van der Waals surface area contributed by atoms with Crippen LogP contribution in [0.4, 0.5) is 5.82 Å². The normalized spacial score (nSPS) is 18.2. The molecule has 0 saturated carbocycles. The lowest BCUT2D eigenvalue weighted by molar-refractivity contribution is 0.349. The van der Waals surface area contributed by atoms with Crippen LogP contribution in [0.5, 0.6) is 0 Å². The Morgan fingerprint density at radius 3 is 2.71 bits per heavy atom. The summed E-state index contributed by atoms with van der Waals surface area (Å²) in [6, 6.07) is 1.72. The molecule has 2 heterocycles. The van der Waals surface area contributed by atoms with E-state index in [1.165, 1.54) is 4.31 Å². The Hall–Kier alpha value is -1.08. The number of hydrogen-bond donors (Lipinski definition) is 2. The van der Waals surface area contributed by atoms with Gasteiger partial charge in [0, 0.05) is 24.8 Å². The van der Waals surface area contributed by atoms with Gasteiger partial charge in [0.25, 0.3) is 0 Å². The van der Waals surface area contributed by atoms with E-state index in [-0.39, 0.29) is 0 Å². The number of piperidine rings is 1. The average molecular weight is 258 g/mol. The minimum absolute atomic E-state index is 0.368. The summed E-state index contributed by atoms with van der Waals surface area (Å²) < 4.78 is 28.0. The van der Waals surface area contributed by atoms with Crippen molar-refractivity contribution in [1.29, 1.82) is 0 Å². The Kier molecular flexibility index (Phi) is 3.68. The smallest absolute Gasteiger partial charge is 0.280 e. The standard InChI is InChI=1S/C10H18N4O2S/c1-2-9-8-10(12-11-9)13-17(15,16)14-6-4-3-5-7-14/h8H,2-7H2,1H3,(H2,11,12,13). The lowest BCUT2D eigenvalue weighted by Gasteiger charge is -2.25. The first kappa shape index (κ1) is 12.4. The monoisotopic (exact) mass is 258 g/mol. The van der Waals surface area contributed by atoms with Crippen molar-refractivity contribution in [2.24, 2.45) is 0 Å². The van der Waals surface area contributed by atoms with Crippen LogP contribution in [0, 0.1) is 0 Å². The highest BCUT2D eigenvalue weighted by atomic mass is 32.2. The summed E-state index contributed by atoms with van der Waals surface area (Å²) in [5, 5.41) is 6.71. The minimum atomic E-state index is -3.43. The molecular formula is C10H18N4O2S. The number of anilines is 1. The second kappa shape index (κ2) is 5.05. The highest BCUT2D eigenvalue weighted by Crippen LogP contribution is 2.15.